The Morgan fingerprint density at radius 3 is 2.75 bits per heavy atom. The van der Waals surface area contributed by atoms with E-state index in [9.17, 15) is 4.79 Å². The van der Waals surface area contributed by atoms with Gasteiger partial charge in [0.2, 0.25) is 5.69 Å². The van der Waals surface area contributed by atoms with Crippen LogP contribution in [0.1, 0.15) is 16.1 Å². The molecule has 6 heteroatoms. The molecule has 0 unspecified atom stereocenters. The van der Waals surface area contributed by atoms with Crippen LogP contribution in [0.15, 0.2) is 30.3 Å². The molecule has 3 N–H and O–H groups in total. The van der Waals surface area contributed by atoms with Gasteiger partial charge in [0.15, 0.2) is 5.82 Å². The SMILES string of the molecule is O=C(O)c1n[nH]nc1NCc1ccccc1. The molecular formula is C10H10N4O2. The summed E-state index contributed by atoms with van der Waals surface area (Å²) in [5.74, 6) is -0.860. The Morgan fingerprint density at radius 1 is 1.31 bits per heavy atom. The lowest BCUT2D eigenvalue weighted by Gasteiger charge is -2.02. The molecule has 0 aliphatic heterocycles. The monoisotopic (exact) mass is 218 g/mol. The highest BCUT2D eigenvalue weighted by Gasteiger charge is 2.14. The van der Waals surface area contributed by atoms with E-state index in [1.165, 1.54) is 0 Å². The zero-order valence-electron chi connectivity index (χ0n) is 8.34. The number of carboxylic acids is 1. The number of hydrogen-bond donors (Lipinski definition) is 3. The van der Waals surface area contributed by atoms with Crippen molar-refractivity contribution in [2.75, 3.05) is 5.32 Å². The van der Waals surface area contributed by atoms with Gasteiger partial charge in [-0.1, -0.05) is 30.3 Å². The van der Waals surface area contributed by atoms with Gasteiger partial charge in [-0.3, -0.25) is 0 Å². The van der Waals surface area contributed by atoms with Gasteiger partial charge in [0.25, 0.3) is 0 Å². The minimum Gasteiger partial charge on any atom is -0.476 e. The Hall–Kier alpha value is -2.37. The van der Waals surface area contributed by atoms with Crippen molar-refractivity contribution in [3.63, 3.8) is 0 Å². The lowest BCUT2D eigenvalue weighted by molar-refractivity contribution is 0.0691. The number of carbonyl (C=O) groups is 1. The molecule has 1 heterocycles. The Bertz CT molecular complexity index is 481. The second-order valence-electron chi connectivity index (χ2n) is 3.17. The molecule has 82 valence electrons. The van der Waals surface area contributed by atoms with Gasteiger partial charge in [-0.25, -0.2) is 4.79 Å². The Morgan fingerprint density at radius 2 is 2.06 bits per heavy atom. The maximum absolute atomic E-state index is 10.7. The number of nitrogens with one attached hydrogen (secondary N) is 2. The molecular weight excluding hydrogens is 208 g/mol. The molecule has 0 fully saturated rings. The Balaban J connectivity index is 2.05. The van der Waals surface area contributed by atoms with E-state index in [1.54, 1.807) is 0 Å². The van der Waals surface area contributed by atoms with Crippen molar-refractivity contribution in [2.24, 2.45) is 0 Å². The molecule has 2 aromatic rings. The molecule has 0 atom stereocenters. The minimum atomic E-state index is -1.11. The number of carboxylic acid groups (broad SMARTS) is 1. The normalized spacial score (nSPS) is 10.0. The molecule has 0 saturated carbocycles. The number of anilines is 1. The highest BCUT2D eigenvalue weighted by molar-refractivity contribution is 5.90. The largest absolute Gasteiger partial charge is 0.476 e. The standard InChI is InChI=1S/C10H10N4O2/c15-10(16)8-9(13-14-12-8)11-6-7-4-2-1-3-5-7/h1-5H,6H2,(H,15,16)(H2,11,12,13,14). The average molecular weight is 218 g/mol. The summed E-state index contributed by atoms with van der Waals surface area (Å²) in [6.07, 6.45) is 0. The third-order valence-corrected chi connectivity index (χ3v) is 2.05. The fraction of sp³-hybridized carbons (Fsp3) is 0.100. The van der Waals surface area contributed by atoms with Crippen LogP contribution in [0.25, 0.3) is 0 Å². The fourth-order valence-electron chi connectivity index (χ4n) is 1.28. The molecule has 1 aromatic heterocycles. The summed E-state index contributed by atoms with van der Waals surface area (Å²) in [4.78, 5) is 10.7. The van der Waals surface area contributed by atoms with Crippen LogP contribution in [0, 0.1) is 0 Å². The molecule has 0 bridgehead atoms. The summed E-state index contributed by atoms with van der Waals surface area (Å²) in [5, 5.41) is 21.2. The molecule has 0 aliphatic rings. The first-order valence-electron chi connectivity index (χ1n) is 4.69. The first kappa shape index (κ1) is 10.2. The van der Waals surface area contributed by atoms with Crippen LogP contribution in [0.5, 0.6) is 0 Å². The van der Waals surface area contributed by atoms with Crippen LogP contribution in [-0.2, 0) is 6.54 Å². The maximum Gasteiger partial charge on any atom is 0.360 e. The van der Waals surface area contributed by atoms with Gasteiger partial charge in [0.05, 0.1) is 0 Å². The predicted molar refractivity (Wildman–Crippen MR) is 57.1 cm³/mol. The van der Waals surface area contributed by atoms with Crippen LogP contribution in [0.4, 0.5) is 5.82 Å². The summed E-state index contributed by atoms with van der Waals surface area (Å²) in [6.45, 7) is 0.508. The van der Waals surface area contributed by atoms with Gasteiger partial charge in [0.1, 0.15) is 0 Å². The van der Waals surface area contributed by atoms with Crippen LogP contribution >= 0.6 is 0 Å². The average Bonchev–Trinajstić information content (AvgIpc) is 2.76. The fourth-order valence-corrected chi connectivity index (χ4v) is 1.28. The third-order valence-electron chi connectivity index (χ3n) is 2.05. The van der Waals surface area contributed by atoms with Crippen LogP contribution < -0.4 is 5.32 Å². The molecule has 2 rings (SSSR count). The molecule has 16 heavy (non-hydrogen) atoms. The zero-order valence-corrected chi connectivity index (χ0v) is 8.34. The highest BCUT2D eigenvalue weighted by atomic mass is 16.4. The van der Waals surface area contributed by atoms with Gasteiger partial charge in [0, 0.05) is 6.54 Å². The molecule has 0 saturated heterocycles. The molecule has 0 radical (unpaired) electrons. The molecule has 0 spiro atoms. The van der Waals surface area contributed by atoms with Crippen LogP contribution in [0.2, 0.25) is 0 Å². The second kappa shape index (κ2) is 4.43. The summed E-state index contributed by atoms with van der Waals surface area (Å²) in [5.41, 5.74) is 0.942. The van der Waals surface area contributed by atoms with Crippen molar-refractivity contribution in [3.05, 3.63) is 41.6 Å². The molecule has 0 amide bonds. The molecule has 6 nitrogen and oxygen atoms in total. The van der Waals surface area contributed by atoms with Gasteiger partial charge in [-0.15, -0.1) is 10.2 Å². The number of hydrogen-bond acceptors (Lipinski definition) is 4. The highest BCUT2D eigenvalue weighted by Crippen LogP contribution is 2.09. The van der Waals surface area contributed by atoms with Crippen LogP contribution in [-0.4, -0.2) is 26.5 Å². The van der Waals surface area contributed by atoms with Gasteiger partial charge in [-0.2, -0.15) is 5.21 Å². The quantitative estimate of drug-likeness (QED) is 0.715. The Kier molecular flexibility index (Phi) is 2.81. The summed E-state index contributed by atoms with van der Waals surface area (Å²) in [7, 11) is 0. The van der Waals surface area contributed by atoms with Crippen molar-refractivity contribution < 1.29 is 9.90 Å². The number of H-pyrrole nitrogens is 1. The van der Waals surface area contributed by atoms with Crippen molar-refractivity contribution in [1.82, 2.24) is 15.4 Å². The summed E-state index contributed by atoms with van der Waals surface area (Å²) in [6, 6.07) is 9.62. The van der Waals surface area contributed by atoms with E-state index < -0.39 is 5.97 Å². The van der Waals surface area contributed by atoms with Crippen LogP contribution in [0.3, 0.4) is 0 Å². The number of aromatic nitrogens is 3. The summed E-state index contributed by atoms with van der Waals surface area (Å²) < 4.78 is 0. The first-order valence-corrected chi connectivity index (χ1v) is 4.69. The predicted octanol–water partition coefficient (Wildman–Crippen LogP) is 1.11. The molecule has 1 aromatic carbocycles. The third kappa shape index (κ3) is 2.17. The second-order valence-corrected chi connectivity index (χ2v) is 3.17. The van der Waals surface area contributed by atoms with E-state index in [2.05, 4.69) is 20.7 Å². The van der Waals surface area contributed by atoms with Crippen molar-refractivity contribution >= 4 is 11.8 Å². The lowest BCUT2D eigenvalue weighted by Crippen LogP contribution is -2.05. The number of rotatable bonds is 4. The van der Waals surface area contributed by atoms with E-state index in [4.69, 9.17) is 5.11 Å². The minimum absolute atomic E-state index is 0.101. The van der Waals surface area contributed by atoms with Crippen molar-refractivity contribution in [1.29, 1.82) is 0 Å². The van der Waals surface area contributed by atoms with Gasteiger partial charge < -0.3 is 10.4 Å². The number of aromatic amines is 1. The number of nitrogens with zero attached hydrogens (tertiary/aromatic N) is 2. The zero-order chi connectivity index (χ0) is 11.4. The maximum atomic E-state index is 10.7. The molecule has 0 aliphatic carbocycles. The Labute approximate surface area is 91.3 Å². The van der Waals surface area contributed by atoms with Gasteiger partial charge >= 0.3 is 5.97 Å². The topological polar surface area (TPSA) is 90.9 Å². The van der Waals surface area contributed by atoms with E-state index in [-0.39, 0.29) is 11.5 Å². The van der Waals surface area contributed by atoms with E-state index >= 15 is 0 Å². The van der Waals surface area contributed by atoms with E-state index in [1.807, 2.05) is 30.3 Å². The van der Waals surface area contributed by atoms with Crippen molar-refractivity contribution in [2.45, 2.75) is 6.54 Å². The smallest absolute Gasteiger partial charge is 0.360 e. The van der Waals surface area contributed by atoms with E-state index in [0.717, 1.165) is 5.56 Å². The van der Waals surface area contributed by atoms with E-state index in [0.29, 0.717) is 6.54 Å². The number of benzene rings is 1. The first-order chi connectivity index (χ1) is 7.77. The number of aromatic carboxylic acids is 1. The van der Waals surface area contributed by atoms with Gasteiger partial charge in [-0.05, 0) is 5.56 Å². The lowest BCUT2D eigenvalue weighted by atomic mass is 10.2. The van der Waals surface area contributed by atoms with Crippen molar-refractivity contribution in [3.8, 4) is 0 Å². The summed E-state index contributed by atoms with van der Waals surface area (Å²) >= 11 is 0.